The van der Waals surface area contributed by atoms with E-state index in [1.165, 1.54) is 0 Å². The fourth-order valence-electron chi connectivity index (χ4n) is 3.28. The Balaban J connectivity index is 1.55. The molecule has 3 rings (SSSR count). The molecule has 0 spiro atoms. The molecule has 28 heavy (non-hydrogen) atoms. The normalized spacial score (nSPS) is 15.8. The molecule has 1 N–H and O–H groups in total. The lowest BCUT2D eigenvalue weighted by Crippen LogP contribution is -2.31. The summed E-state index contributed by atoms with van der Waals surface area (Å²) in [7, 11) is -3.42. The van der Waals surface area contributed by atoms with Crippen molar-refractivity contribution in [2.24, 2.45) is 0 Å². The van der Waals surface area contributed by atoms with Gasteiger partial charge in [-0.1, -0.05) is 36.6 Å². The van der Waals surface area contributed by atoms with Crippen molar-refractivity contribution in [2.45, 2.75) is 37.0 Å². The third-order valence-corrected chi connectivity index (χ3v) is 7.10. The van der Waals surface area contributed by atoms with Crippen LogP contribution in [0.15, 0.2) is 53.4 Å². The largest absolute Gasteiger partial charge is 0.352 e. The van der Waals surface area contributed by atoms with Gasteiger partial charge in [0.15, 0.2) is 0 Å². The zero-order chi connectivity index (χ0) is 20.0. The summed E-state index contributed by atoms with van der Waals surface area (Å²) in [6.07, 6.45) is 4.65. The summed E-state index contributed by atoms with van der Waals surface area (Å²) >= 11 is 5.83. The Morgan fingerprint density at radius 3 is 2.14 bits per heavy atom. The molecule has 5 nitrogen and oxygen atoms in total. The standard InChI is InChI=1S/C21H25ClN2O3S/c22-19-9-7-18(8-10-19)21(25)23-14-13-17-5-11-20(12-6-17)28(26,27)24-15-3-1-2-4-16-24/h5-12H,1-4,13-16H2,(H,23,25). The Morgan fingerprint density at radius 2 is 1.54 bits per heavy atom. The smallest absolute Gasteiger partial charge is 0.251 e. The third-order valence-electron chi connectivity index (χ3n) is 4.93. The molecule has 1 saturated heterocycles. The van der Waals surface area contributed by atoms with E-state index in [0.717, 1.165) is 31.2 Å². The fourth-order valence-corrected chi connectivity index (χ4v) is 4.93. The Morgan fingerprint density at radius 1 is 0.929 bits per heavy atom. The van der Waals surface area contributed by atoms with Gasteiger partial charge < -0.3 is 5.32 Å². The van der Waals surface area contributed by atoms with Gasteiger partial charge in [-0.15, -0.1) is 0 Å². The summed E-state index contributed by atoms with van der Waals surface area (Å²) in [5.74, 6) is -0.156. The minimum atomic E-state index is -3.42. The van der Waals surface area contributed by atoms with E-state index in [9.17, 15) is 13.2 Å². The summed E-state index contributed by atoms with van der Waals surface area (Å²) < 4.78 is 27.2. The first-order valence-electron chi connectivity index (χ1n) is 9.60. The number of nitrogens with one attached hydrogen (secondary N) is 1. The Labute approximate surface area is 171 Å². The third kappa shape index (κ3) is 5.34. The SMILES string of the molecule is O=C(NCCc1ccc(S(=O)(=O)N2CCCCCC2)cc1)c1ccc(Cl)cc1. The van der Waals surface area contributed by atoms with E-state index in [-0.39, 0.29) is 5.91 Å². The molecule has 1 aliphatic rings. The van der Waals surface area contributed by atoms with Crippen molar-refractivity contribution >= 4 is 27.5 Å². The first-order chi connectivity index (χ1) is 13.5. The van der Waals surface area contributed by atoms with Crippen molar-refractivity contribution in [3.63, 3.8) is 0 Å². The number of rotatable bonds is 6. The Hall–Kier alpha value is -1.89. The van der Waals surface area contributed by atoms with Gasteiger partial charge in [0.1, 0.15) is 0 Å². The van der Waals surface area contributed by atoms with E-state index in [0.29, 0.717) is 41.5 Å². The highest BCUT2D eigenvalue weighted by molar-refractivity contribution is 7.89. The maximum Gasteiger partial charge on any atom is 0.251 e. The lowest BCUT2D eigenvalue weighted by atomic mass is 10.1. The van der Waals surface area contributed by atoms with Gasteiger partial charge in [0.2, 0.25) is 10.0 Å². The summed E-state index contributed by atoms with van der Waals surface area (Å²) in [4.78, 5) is 12.4. The minimum absolute atomic E-state index is 0.156. The molecule has 0 aliphatic carbocycles. The van der Waals surface area contributed by atoms with Gasteiger partial charge in [0.25, 0.3) is 5.91 Å². The van der Waals surface area contributed by atoms with Gasteiger partial charge in [-0.25, -0.2) is 8.42 Å². The minimum Gasteiger partial charge on any atom is -0.352 e. The number of amides is 1. The number of hydrogen-bond donors (Lipinski definition) is 1. The zero-order valence-corrected chi connectivity index (χ0v) is 17.3. The van der Waals surface area contributed by atoms with Crippen LogP contribution >= 0.6 is 11.6 Å². The molecule has 0 bridgehead atoms. The van der Waals surface area contributed by atoms with Crippen LogP contribution in [-0.4, -0.2) is 38.3 Å². The highest BCUT2D eigenvalue weighted by Gasteiger charge is 2.24. The molecular weight excluding hydrogens is 396 g/mol. The van der Waals surface area contributed by atoms with Gasteiger partial charge in [-0.2, -0.15) is 4.31 Å². The number of carbonyl (C=O) groups excluding carboxylic acids is 1. The molecule has 0 radical (unpaired) electrons. The van der Waals surface area contributed by atoms with Crippen LogP contribution in [0, 0.1) is 0 Å². The predicted molar refractivity (Wildman–Crippen MR) is 111 cm³/mol. The van der Waals surface area contributed by atoms with Crippen molar-refractivity contribution < 1.29 is 13.2 Å². The van der Waals surface area contributed by atoms with Gasteiger partial charge in [-0.3, -0.25) is 4.79 Å². The molecule has 7 heteroatoms. The van der Waals surface area contributed by atoms with Crippen molar-refractivity contribution in [3.05, 3.63) is 64.7 Å². The van der Waals surface area contributed by atoms with Crippen molar-refractivity contribution in [1.82, 2.24) is 9.62 Å². The van der Waals surface area contributed by atoms with Crippen LogP contribution in [0.25, 0.3) is 0 Å². The van der Waals surface area contributed by atoms with Gasteiger partial charge >= 0.3 is 0 Å². The van der Waals surface area contributed by atoms with E-state index in [1.807, 2.05) is 12.1 Å². The molecule has 0 atom stereocenters. The lowest BCUT2D eigenvalue weighted by molar-refractivity contribution is 0.0954. The highest BCUT2D eigenvalue weighted by atomic mass is 35.5. The second-order valence-corrected chi connectivity index (χ2v) is 9.35. The Bertz CT molecular complexity index is 888. The number of halogens is 1. The van der Waals surface area contributed by atoms with Gasteiger partial charge in [-0.05, 0) is 61.2 Å². The van der Waals surface area contributed by atoms with Crippen molar-refractivity contribution in [2.75, 3.05) is 19.6 Å². The van der Waals surface area contributed by atoms with Gasteiger partial charge in [0.05, 0.1) is 4.90 Å². The molecule has 0 aromatic heterocycles. The molecular formula is C21H25ClN2O3S. The monoisotopic (exact) mass is 420 g/mol. The summed E-state index contributed by atoms with van der Waals surface area (Å²) in [5, 5.41) is 3.45. The van der Waals surface area contributed by atoms with E-state index >= 15 is 0 Å². The number of benzene rings is 2. The van der Waals surface area contributed by atoms with Crippen LogP contribution in [0.2, 0.25) is 5.02 Å². The highest BCUT2D eigenvalue weighted by Crippen LogP contribution is 2.20. The second-order valence-electron chi connectivity index (χ2n) is 6.98. The fraction of sp³-hybridized carbons (Fsp3) is 0.381. The summed E-state index contributed by atoms with van der Waals surface area (Å²) in [6, 6.07) is 13.7. The molecule has 2 aromatic carbocycles. The number of sulfonamides is 1. The van der Waals surface area contributed by atoms with E-state index in [1.54, 1.807) is 40.7 Å². The maximum atomic E-state index is 12.8. The quantitative estimate of drug-likeness (QED) is 0.771. The van der Waals surface area contributed by atoms with Crippen molar-refractivity contribution in [1.29, 1.82) is 0 Å². The second kappa shape index (κ2) is 9.54. The molecule has 0 unspecified atom stereocenters. The number of nitrogens with zero attached hydrogens (tertiary/aromatic N) is 1. The first kappa shape index (κ1) is 20.8. The van der Waals surface area contributed by atoms with Crippen LogP contribution in [-0.2, 0) is 16.4 Å². The van der Waals surface area contributed by atoms with Gasteiger partial charge in [0, 0.05) is 30.2 Å². The van der Waals surface area contributed by atoms with E-state index in [4.69, 9.17) is 11.6 Å². The van der Waals surface area contributed by atoms with Crippen LogP contribution in [0.3, 0.4) is 0 Å². The average Bonchev–Trinajstić information content (AvgIpc) is 2.99. The average molecular weight is 421 g/mol. The summed E-state index contributed by atoms with van der Waals surface area (Å²) in [5.41, 5.74) is 1.54. The molecule has 2 aromatic rings. The molecule has 1 amide bonds. The van der Waals surface area contributed by atoms with Crippen LogP contribution < -0.4 is 5.32 Å². The molecule has 1 heterocycles. The van der Waals surface area contributed by atoms with Crippen molar-refractivity contribution in [3.8, 4) is 0 Å². The topological polar surface area (TPSA) is 66.5 Å². The molecule has 1 fully saturated rings. The van der Waals surface area contributed by atoms with E-state index < -0.39 is 10.0 Å². The molecule has 150 valence electrons. The first-order valence-corrected chi connectivity index (χ1v) is 11.4. The maximum absolute atomic E-state index is 12.8. The number of carbonyl (C=O) groups is 1. The van der Waals surface area contributed by atoms with Crippen LogP contribution in [0.5, 0.6) is 0 Å². The lowest BCUT2D eigenvalue weighted by Gasteiger charge is -2.20. The number of hydrogen-bond acceptors (Lipinski definition) is 3. The molecule has 1 aliphatic heterocycles. The molecule has 0 saturated carbocycles. The Kier molecular flexibility index (Phi) is 7.10. The van der Waals surface area contributed by atoms with Crippen LogP contribution in [0.4, 0.5) is 0 Å². The predicted octanol–water partition coefficient (Wildman–Crippen LogP) is 3.88. The van der Waals surface area contributed by atoms with E-state index in [2.05, 4.69) is 5.32 Å². The summed E-state index contributed by atoms with van der Waals surface area (Å²) in [6.45, 7) is 1.67. The van der Waals surface area contributed by atoms with Crippen LogP contribution in [0.1, 0.15) is 41.6 Å². The zero-order valence-electron chi connectivity index (χ0n) is 15.7.